The van der Waals surface area contributed by atoms with Crippen LogP contribution in [0.3, 0.4) is 0 Å². The molecule has 3 saturated carbocycles. The third kappa shape index (κ3) is 3.13. The van der Waals surface area contributed by atoms with E-state index in [1.165, 1.54) is 11.1 Å². The van der Waals surface area contributed by atoms with Crippen LogP contribution in [0, 0.1) is 40.4 Å². The first-order valence-electron chi connectivity index (χ1n) is 11.5. The molecule has 0 aliphatic heterocycles. The number of fused-ring (bicyclic) bond motifs is 5. The first-order valence-corrected chi connectivity index (χ1v) is 12.5. The standard InChI is InChI=1S/C26H30BrNO3/c1-25-14-21(15-2-4-16(29)5-3-15)24-18-7-6-17(30)12-19(18)23(27)13-20(24)22(25)8-9-26(25,31)10-11-28/h2-5,12,18,20-24,29,31H,6-10,13-14H2,1H3/t18-,20-,21+,22-,23+,24+,25-,26+/m0/s1. The van der Waals surface area contributed by atoms with E-state index in [0.29, 0.717) is 36.5 Å². The van der Waals surface area contributed by atoms with Gasteiger partial charge in [-0.3, -0.25) is 4.79 Å². The summed E-state index contributed by atoms with van der Waals surface area (Å²) in [5, 5.41) is 31.0. The molecule has 0 saturated heterocycles. The van der Waals surface area contributed by atoms with Crippen LogP contribution in [0.25, 0.3) is 0 Å². The summed E-state index contributed by atoms with van der Waals surface area (Å²) in [5.74, 6) is 2.33. The molecule has 0 heterocycles. The molecule has 8 atom stereocenters. The Hall–Kier alpha value is -1.64. The Balaban J connectivity index is 1.63. The van der Waals surface area contributed by atoms with E-state index in [-0.39, 0.29) is 34.1 Å². The van der Waals surface area contributed by atoms with Crippen LogP contribution in [0.4, 0.5) is 0 Å². The van der Waals surface area contributed by atoms with Crippen molar-refractivity contribution in [2.75, 3.05) is 0 Å². The molecule has 0 bridgehead atoms. The van der Waals surface area contributed by atoms with Crippen LogP contribution in [-0.4, -0.2) is 26.4 Å². The molecule has 0 radical (unpaired) electrons. The van der Waals surface area contributed by atoms with Gasteiger partial charge in [0, 0.05) is 16.7 Å². The molecule has 5 heteroatoms. The molecule has 31 heavy (non-hydrogen) atoms. The summed E-state index contributed by atoms with van der Waals surface area (Å²) in [6, 6.07) is 9.82. The molecule has 5 rings (SSSR count). The van der Waals surface area contributed by atoms with Gasteiger partial charge >= 0.3 is 0 Å². The number of phenols is 1. The van der Waals surface area contributed by atoms with Crippen molar-refractivity contribution in [3.05, 3.63) is 41.5 Å². The van der Waals surface area contributed by atoms with Crippen molar-refractivity contribution >= 4 is 21.7 Å². The van der Waals surface area contributed by atoms with Crippen molar-refractivity contribution in [3.63, 3.8) is 0 Å². The second kappa shape index (κ2) is 7.46. The second-order valence-electron chi connectivity index (χ2n) is 10.5. The lowest BCUT2D eigenvalue weighted by molar-refractivity contribution is -0.124. The molecule has 2 N–H and O–H groups in total. The summed E-state index contributed by atoms with van der Waals surface area (Å²) >= 11 is 3.91. The molecular formula is C26H30BrNO3. The van der Waals surface area contributed by atoms with Crippen LogP contribution in [0.2, 0.25) is 0 Å². The van der Waals surface area contributed by atoms with Gasteiger partial charge in [-0.2, -0.15) is 5.26 Å². The van der Waals surface area contributed by atoms with Crippen LogP contribution < -0.4 is 0 Å². The lowest BCUT2D eigenvalue weighted by Crippen LogP contribution is -2.56. The number of benzene rings is 1. The Morgan fingerprint density at radius 1 is 1.23 bits per heavy atom. The van der Waals surface area contributed by atoms with Gasteiger partial charge in [0.25, 0.3) is 0 Å². The highest BCUT2D eigenvalue weighted by Crippen LogP contribution is 2.69. The Bertz CT molecular complexity index is 966. The van der Waals surface area contributed by atoms with Gasteiger partial charge in [-0.25, -0.2) is 0 Å². The Kier molecular flexibility index (Phi) is 5.10. The minimum Gasteiger partial charge on any atom is -0.508 e. The van der Waals surface area contributed by atoms with Gasteiger partial charge in [-0.15, -0.1) is 0 Å². The SMILES string of the molecule is C[C@]12C[C@H](c3ccc(O)cc3)[C@H]3[C@@H](C[C@@H](Br)C4=CC(=O)CC[C@@H]43)[C@@H]1CC[C@@]2(O)CC#N. The number of rotatable bonds is 2. The summed E-state index contributed by atoms with van der Waals surface area (Å²) in [7, 11) is 0. The van der Waals surface area contributed by atoms with E-state index in [2.05, 4.69) is 28.9 Å². The highest BCUT2D eigenvalue weighted by atomic mass is 79.9. The molecule has 164 valence electrons. The summed E-state index contributed by atoms with van der Waals surface area (Å²) < 4.78 is 0. The normalized spacial score (nSPS) is 43.9. The fourth-order valence-electron chi connectivity index (χ4n) is 7.86. The fraction of sp³-hybridized carbons (Fsp3) is 0.615. The van der Waals surface area contributed by atoms with E-state index in [1.54, 1.807) is 12.1 Å². The van der Waals surface area contributed by atoms with E-state index in [9.17, 15) is 20.3 Å². The number of aromatic hydroxyl groups is 1. The molecule has 0 amide bonds. The summed E-state index contributed by atoms with van der Waals surface area (Å²) in [4.78, 5) is 12.4. The van der Waals surface area contributed by atoms with Crippen LogP contribution in [-0.2, 0) is 4.79 Å². The van der Waals surface area contributed by atoms with E-state index in [0.717, 1.165) is 25.7 Å². The van der Waals surface area contributed by atoms with Gasteiger partial charge in [0.15, 0.2) is 5.78 Å². The smallest absolute Gasteiger partial charge is 0.155 e. The quantitative estimate of drug-likeness (QED) is 0.563. The largest absolute Gasteiger partial charge is 0.508 e. The minimum atomic E-state index is -0.951. The number of hydrogen-bond acceptors (Lipinski definition) is 4. The third-order valence-corrected chi connectivity index (χ3v) is 10.2. The number of alkyl halides is 1. The number of halogens is 1. The second-order valence-corrected chi connectivity index (χ2v) is 11.6. The Morgan fingerprint density at radius 3 is 2.68 bits per heavy atom. The molecule has 3 fully saturated rings. The monoisotopic (exact) mass is 483 g/mol. The zero-order chi connectivity index (χ0) is 22.0. The number of carbonyl (C=O) groups excluding carboxylic acids is 1. The third-order valence-electron chi connectivity index (χ3n) is 9.33. The van der Waals surface area contributed by atoms with Gasteiger partial charge in [0.1, 0.15) is 5.75 Å². The van der Waals surface area contributed by atoms with Crippen molar-refractivity contribution in [1.29, 1.82) is 5.26 Å². The van der Waals surface area contributed by atoms with Crippen molar-refractivity contribution in [2.24, 2.45) is 29.1 Å². The first-order chi connectivity index (χ1) is 14.8. The number of aliphatic hydroxyl groups is 1. The molecule has 4 nitrogen and oxygen atoms in total. The molecule has 0 aromatic heterocycles. The van der Waals surface area contributed by atoms with E-state index < -0.39 is 5.60 Å². The minimum absolute atomic E-state index is 0.181. The average molecular weight is 484 g/mol. The Morgan fingerprint density at radius 2 is 1.97 bits per heavy atom. The molecule has 1 aromatic rings. The van der Waals surface area contributed by atoms with Crippen molar-refractivity contribution in [1.82, 2.24) is 0 Å². The molecule has 1 aromatic carbocycles. The summed E-state index contributed by atoms with van der Waals surface area (Å²) in [6.07, 6.45) is 7.04. The van der Waals surface area contributed by atoms with Crippen LogP contribution in [0.15, 0.2) is 35.9 Å². The molecule has 0 unspecified atom stereocenters. The number of nitrogens with zero attached hydrogens (tertiary/aromatic N) is 1. The van der Waals surface area contributed by atoms with Crippen molar-refractivity contribution in [2.45, 2.75) is 68.2 Å². The van der Waals surface area contributed by atoms with Crippen molar-refractivity contribution in [3.8, 4) is 11.8 Å². The molecule has 0 spiro atoms. The van der Waals surface area contributed by atoms with Crippen molar-refractivity contribution < 1.29 is 15.0 Å². The zero-order valence-corrected chi connectivity index (χ0v) is 19.5. The molecule has 4 aliphatic rings. The lowest BCUT2D eigenvalue weighted by Gasteiger charge is -2.59. The van der Waals surface area contributed by atoms with Gasteiger partial charge in [0.2, 0.25) is 0 Å². The van der Waals surface area contributed by atoms with Gasteiger partial charge in [-0.1, -0.05) is 35.0 Å². The zero-order valence-electron chi connectivity index (χ0n) is 17.9. The Labute approximate surface area is 192 Å². The van der Waals surface area contributed by atoms with Gasteiger partial charge in [0.05, 0.1) is 18.1 Å². The molecule has 4 aliphatic carbocycles. The van der Waals surface area contributed by atoms with Gasteiger partial charge in [-0.05, 0) is 91.0 Å². The summed E-state index contributed by atoms with van der Waals surface area (Å²) in [6.45, 7) is 2.21. The number of phenolic OH excluding ortho intramolecular Hbond substituents is 1. The van der Waals surface area contributed by atoms with E-state index in [4.69, 9.17) is 0 Å². The van der Waals surface area contributed by atoms with E-state index >= 15 is 0 Å². The van der Waals surface area contributed by atoms with Crippen LogP contribution in [0.5, 0.6) is 5.75 Å². The number of carbonyl (C=O) groups is 1. The molecular weight excluding hydrogens is 454 g/mol. The fourth-order valence-corrected chi connectivity index (χ4v) is 8.76. The van der Waals surface area contributed by atoms with Crippen LogP contribution >= 0.6 is 15.9 Å². The topological polar surface area (TPSA) is 81.3 Å². The average Bonchev–Trinajstić information content (AvgIpc) is 2.99. The maximum atomic E-state index is 12.2. The number of hydrogen-bond donors (Lipinski definition) is 2. The van der Waals surface area contributed by atoms with Gasteiger partial charge < -0.3 is 10.2 Å². The van der Waals surface area contributed by atoms with Crippen LogP contribution in [0.1, 0.15) is 63.4 Å². The lowest BCUT2D eigenvalue weighted by atomic mass is 9.46. The number of nitriles is 1. The first kappa shape index (κ1) is 21.2. The number of ketones is 1. The maximum Gasteiger partial charge on any atom is 0.155 e. The van der Waals surface area contributed by atoms with E-state index in [1.807, 2.05) is 18.2 Å². The highest BCUT2D eigenvalue weighted by Gasteiger charge is 2.65. The number of allylic oxidation sites excluding steroid dienone is 1. The predicted octanol–water partition coefficient (Wildman–Crippen LogP) is 5.25. The maximum absolute atomic E-state index is 12.2. The predicted molar refractivity (Wildman–Crippen MR) is 122 cm³/mol. The summed E-state index contributed by atoms with van der Waals surface area (Å²) in [5.41, 5.74) is 1.19. The highest BCUT2D eigenvalue weighted by molar-refractivity contribution is 9.09.